The first kappa shape index (κ1) is 43.4. The number of rotatable bonds is 35. The summed E-state index contributed by atoms with van der Waals surface area (Å²) in [7, 11) is 0. The SMILES string of the molecule is CCCCCCCCCCCCC(=O)OC[C@@H](COC(=O)CCCCCCCCC)OC(=O)CCCCCCCCCCCC. The molecule has 0 fully saturated rings. The van der Waals surface area contributed by atoms with Crippen LogP contribution in [0.5, 0.6) is 0 Å². The summed E-state index contributed by atoms with van der Waals surface area (Å²) >= 11 is 0. The highest BCUT2D eigenvalue weighted by molar-refractivity contribution is 5.71. The molecule has 0 radical (unpaired) electrons. The minimum Gasteiger partial charge on any atom is -0.462 e. The number of carbonyl (C=O) groups excluding carboxylic acids is 3. The van der Waals surface area contributed by atoms with Crippen molar-refractivity contribution in [3.8, 4) is 0 Å². The zero-order chi connectivity index (χ0) is 33.1. The molecule has 0 aromatic rings. The summed E-state index contributed by atoms with van der Waals surface area (Å²) in [6.07, 6.45) is 32.3. The van der Waals surface area contributed by atoms with Crippen LogP contribution in [0.3, 0.4) is 0 Å². The normalized spacial score (nSPS) is 11.8. The first-order chi connectivity index (χ1) is 22.0. The van der Waals surface area contributed by atoms with Gasteiger partial charge < -0.3 is 14.2 Å². The molecule has 0 saturated carbocycles. The van der Waals surface area contributed by atoms with E-state index >= 15 is 0 Å². The van der Waals surface area contributed by atoms with Crippen LogP contribution in [0, 0.1) is 0 Å². The van der Waals surface area contributed by atoms with Crippen molar-refractivity contribution in [1.82, 2.24) is 0 Å². The summed E-state index contributed by atoms with van der Waals surface area (Å²) in [6.45, 7) is 6.56. The van der Waals surface area contributed by atoms with Crippen LogP contribution < -0.4 is 0 Å². The molecular weight excluding hydrogens is 564 g/mol. The monoisotopic (exact) mass is 639 g/mol. The number of unbranched alkanes of at least 4 members (excludes halogenated alkanes) is 24. The Bertz CT molecular complexity index is 664. The smallest absolute Gasteiger partial charge is 0.306 e. The molecule has 6 heteroatoms. The van der Waals surface area contributed by atoms with Crippen molar-refractivity contribution in [2.24, 2.45) is 0 Å². The van der Waals surface area contributed by atoms with Crippen molar-refractivity contribution in [2.45, 2.75) is 219 Å². The topological polar surface area (TPSA) is 78.9 Å². The highest BCUT2D eigenvalue weighted by Crippen LogP contribution is 2.14. The first-order valence-electron chi connectivity index (χ1n) is 19.5. The molecule has 0 aliphatic carbocycles. The van der Waals surface area contributed by atoms with E-state index in [1.54, 1.807) is 0 Å². The summed E-state index contributed by atoms with van der Waals surface area (Å²) in [6, 6.07) is 0. The Balaban J connectivity index is 4.33. The molecule has 0 aromatic carbocycles. The number of ether oxygens (including phenoxy) is 3. The van der Waals surface area contributed by atoms with Crippen molar-refractivity contribution in [2.75, 3.05) is 13.2 Å². The van der Waals surface area contributed by atoms with Crippen LogP contribution in [0.4, 0.5) is 0 Å². The van der Waals surface area contributed by atoms with Gasteiger partial charge in [-0.3, -0.25) is 14.4 Å². The van der Waals surface area contributed by atoms with E-state index < -0.39 is 6.10 Å². The van der Waals surface area contributed by atoms with Gasteiger partial charge in [-0.2, -0.15) is 0 Å². The van der Waals surface area contributed by atoms with Crippen molar-refractivity contribution in [3.63, 3.8) is 0 Å². The van der Waals surface area contributed by atoms with Crippen molar-refractivity contribution in [3.05, 3.63) is 0 Å². The standard InChI is InChI=1S/C39H74O6/c1-4-7-10-13-16-18-20-23-26-29-32-38(41)44-35-36(34-43-37(40)31-28-25-22-15-12-9-6-3)45-39(42)33-30-27-24-21-19-17-14-11-8-5-2/h36H,4-35H2,1-3H3/t36-/m1/s1. The van der Waals surface area contributed by atoms with Crippen LogP contribution in [0.25, 0.3) is 0 Å². The molecule has 0 rings (SSSR count). The molecule has 0 saturated heterocycles. The van der Waals surface area contributed by atoms with Crippen LogP contribution in [0.15, 0.2) is 0 Å². The Morgan fingerprint density at radius 1 is 0.356 bits per heavy atom. The van der Waals surface area contributed by atoms with Crippen molar-refractivity contribution >= 4 is 17.9 Å². The molecule has 0 heterocycles. The van der Waals surface area contributed by atoms with Crippen LogP contribution in [-0.2, 0) is 28.6 Å². The van der Waals surface area contributed by atoms with E-state index in [-0.39, 0.29) is 31.1 Å². The van der Waals surface area contributed by atoms with E-state index in [0.29, 0.717) is 19.3 Å². The average molecular weight is 639 g/mol. The molecule has 0 amide bonds. The molecule has 0 aliphatic heterocycles. The van der Waals surface area contributed by atoms with E-state index in [0.717, 1.165) is 57.8 Å². The third-order valence-corrected chi connectivity index (χ3v) is 8.61. The van der Waals surface area contributed by atoms with Crippen LogP contribution in [0.2, 0.25) is 0 Å². The van der Waals surface area contributed by atoms with Gasteiger partial charge in [-0.25, -0.2) is 0 Å². The lowest BCUT2D eigenvalue weighted by Gasteiger charge is -2.18. The molecule has 45 heavy (non-hydrogen) atoms. The van der Waals surface area contributed by atoms with Gasteiger partial charge in [0.25, 0.3) is 0 Å². The van der Waals surface area contributed by atoms with Gasteiger partial charge in [-0.1, -0.05) is 175 Å². The lowest BCUT2D eigenvalue weighted by molar-refractivity contribution is -0.167. The Hall–Kier alpha value is -1.59. The van der Waals surface area contributed by atoms with Gasteiger partial charge in [0.1, 0.15) is 13.2 Å². The summed E-state index contributed by atoms with van der Waals surface area (Å²) < 4.78 is 16.5. The maximum atomic E-state index is 12.6. The second-order valence-corrected chi connectivity index (χ2v) is 13.2. The molecule has 6 nitrogen and oxygen atoms in total. The summed E-state index contributed by atoms with van der Waals surface area (Å²) in [5, 5.41) is 0. The zero-order valence-corrected chi connectivity index (χ0v) is 30.2. The predicted molar refractivity (Wildman–Crippen MR) is 187 cm³/mol. The zero-order valence-electron chi connectivity index (χ0n) is 30.2. The van der Waals surface area contributed by atoms with Gasteiger partial charge in [0, 0.05) is 19.3 Å². The second kappa shape index (κ2) is 35.3. The summed E-state index contributed by atoms with van der Waals surface area (Å²) in [4.78, 5) is 37.3. The number of carbonyl (C=O) groups is 3. The first-order valence-corrected chi connectivity index (χ1v) is 19.5. The lowest BCUT2D eigenvalue weighted by atomic mass is 10.1. The summed E-state index contributed by atoms with van der Waals surface area (Å²) in [5.41, 5.74) is 0. The molecule has 0 bridgehead atoms. The van der Waals surface area contributed by atoms with Gasteiger partial charge in [0.2, 0.25) is 0 Å². The quantitative estimate of drug-likeness (QED) is 0.0390. The highest BCUT2D eigenvalue weighted by atomic mass is 16.6. The highest BCUT2D eigenvalue weighted by Gasteiger charge is 2.19. The third-order valence-electron chi connectivity index (χ3n) is 8.61. The number of hydrogen-bond acceptors (Lipinski definition) is 6. The molecule has 0 unspecified atom stereocenters. The fraction of sp³-hybridized carbons (Fsp3) is 0.923. The van der Waals surface area contributed by atoms with Gasteiger partial charge in [0.15, 0.2) is 6.10 Å². The molecule has 0 aromatic heterocycles. The van der Waals surface area contributed by atoms with E-state index in [2.05, 4.69) is 20.8 Å². The van der Waals surface area contributed by atoms with E-state index in [4.69, 9.17) is 14.2 Å². The fourth-order valence-corrected chi connectivity index (χ4v) is 5.62. The Morgan fingerprint density at radius 3 is 0.889 bits per heavy atom. The largest absolute Gasteiger partial charge is 0.462 e. The maximum absolute atomic E-state index is 12.6. The van der Waals surface area contributed by atoms with Crippen LogP contribution in [0.1, 0.15) is 213 Å². The van der Waals surface area contributed by atoms with Crippen molar-refractivity contribution in [1.29, 1.82) is 0 Å². The molecule has 1 atom stereocenters. The van der Waals surface area contributed by atoms with Crippen molar-refractivity contribution < 1.29 is 28.6 Å². The van der Waals surface area contributed by atoms with Gasteiger partial charge in [-0.15, -0.1) is 0 Å². The molecule has 0 aliphatic rings. The van der Waals surface area contributed by atoms with E-state index in [1.165, 1.54) is 116 Å². The predicted octanol–water partition coefficient (Wildman–Crippen LogP) is 11.7. The van der Waals surface area contributed by atoms with Crippen LogP contribution in [-0.4, -0.2) is 37.2 Å². The fourth-order valence-electron chi connectivity index (χ4n) is 5.62. The maximum Gasteiger partial charge on any atom is 0.306 e. The molecular formula is C39H74O6. The Kier molecular flexibility index (Phi) is 34.0. The average Bonchev–Trinajstić information content (AvgIpc) is 3.03. The number of hydrogen-bond donors (Lipinski definition) is 0. The molecule has 266 valence electrons. The third kappa shape index (κ3) is 33.6. The van der Waals surface area contributed by atoms with Gasteiger partial charge >= 0.3 is 17.9 Å². The minimum atomic E-state index is -0.754. The van der Waals surface area contributed by atoms with Crippen LogP contribution >= 0.6 is 0 Å². The van der Waals surface area contributed by atoms with Gasteiger partial charge in [0.05, 0.1) is 0 Å². The second-order valence-electron chi connectivity index (χ2n) is 13.2. The Morgan fingerprint density at radius 2 is 0.600 bits per heavy atom. The summed E-state index contributed by atoms with van der Waals surface area (Å²) in [5.74, 6) is -0.871. The van der Waals surface area contributed by atoms with Gasteiger partial charge in [-0.05, 0) is 19.3 Å². The van der Waals surface area contributed by atoms with E-state index in [1.807, 2.05) is 0 Å². The molecule has 0 spiro atoms. The molecule has 0 N–H and O–H groups in total. The minimum absolute atomic E-state index is 0.0644. The lowest BCUT2D eigenvalue weighted by Crippen LogP contribution is -2.30. The van der Waals surface area contributed by atoms with E-state index in [9.17, 15) is 14.4 Å². The Labute approximate surface area is 278 Å². The number of esters is 3.